The minimum Gasteiger partial charge on any atom is -0.493 e. The maximum Gasteiger partial charge on any atom is 0.122 e. The highest BCUT2D eigenvalue weighted by Gasteiger charge is 2.27. The molecule has 2 aliphatic rings. The van der Waals surface area contributed by atoms with E-state index in [1.165, 1.54) is 30.4 Å². The Morgan fingerprint density at radius 2 is 2.28 bits per heavy atom. The topological polar surface area (TPSA) is 38.5 Å². The van der Waals surface area contributed by atoms with Crippen LogP contribution >= 0.6 is 0 Å². The van der Waals surface area contributed by atoms with Gasteiger partial charge in [0.2, 0.25) is 0 Å². The van der Waals surface area contributed by atoms with E-state index in [1.54, 1.807) is 0 Å². The van der Waals surface area contributed by atoms with Gasteiger partial charge < -0.3 is 10.5 Å². The van der Waals surface area contributed by atoms with Gasteiger partial charge in [-0.2, -0.15) is 0 Å². The standard InChI is InChI=1S/C15H22N2O/c1-17(14-4-2-3-13(14)16)10-11-5-6-15-12(9-11)7-8-18-15/h5-6,9,13-14H,2-4,7-8,10,16H2,1H3. The molecule has 2 unspecified atom stereocenters. The van der Waals surface area contributed by atoms with Gasteiger partial charge in [0, 0.05) is 25.0 Å². The number of nitrogens with two attached hydrogens (primary N) is 1. The van der Waals surface area contributed by atoms with Crippen LogP contribution < -0.4 is 10.5 Å². The maximum absolute atomic E-state index is 6.16. The summed E-state index contributed by atoms with van der Waals surface area (Å²) < 4.78 is 5.54. The molecule has 3 heteroatoms. The van der Waals surface area contributed by atoms with Crippen LogP contribution in [-0.4, -0.2) is 30.6 Å². The van der Waals surface area contributed by atoms with E-state index in [-0.39, 0.29) is 0 Å². The predicted molar refractivity (Wildman–Crippen MR) is 72.7 cm³/mol. The van der Waals surface area contributed by atoms with Crippen LogP contribution in [-0.2, 0) is 13.0 Å². The Morgan fingerprint density at radius 1 is 1.39 bits per heavy atom. The van der Waals surface area contributed by atoms with E-state index in [4.69, 9.17) is 10.5 Å². The zero-order chi connectivity index (χ0) is 12.5. The second-order valence-electron chi connectivity index (χ2n) is 5.62. The molecule has 18 heavy (non-hydrogen) atoms. The van der Waals surface area contributed by atoms with Crippen molar-refractivity contribution in [1.82, 2.24) is 4.90 Å². The van der Waals surface area contributed by atoms with Crippen LogP contribution in [0.1, 0.15) is 30.4 Å². The van der Waals surface area contributed by atoms with E-state index in [0.717, 1.165) is 25.3 Å². The Morgan fingerprint density at radius 3 is 3.06 bits per heavy atom. The van der Waals surface area contributed by atoms with Gasteiger partial charge in [-0.1, -0.05) is 18.6 Å². The summed E-state index contributed by atoms with van der Waals surface area (Å²) in [5.74, 6) is 1.07. The highest BCUT2D eigenvalue weighted by molar-refractivity contribution is 5.39. The number of hydrogen-bond acceptors (Lipinski definition) is 3. The van der Waals surface area contributed by atoms with E-state index in [0.29, 0.717) is 12.1 Å². The van der Waals surface area contributed by atoms with Crippen LogP contribution in [0.15, 0.2) is 18.2 Å². The van der Waals surface area contributed by atoms with Crippen molar-refractivity contribution < 1.29 is 4.74 Å². The van der Waals surface area contributed by atoms with Crippen molar-refractivity contribution in [2.45, 2.75) is 44.3 Å². The number of fused-ring (bicyclic) bond motifs is 1. The summed E-state index contributed by atoms with van der Waals surface area (Å²) in [6, 6.07) is 7.49. The molecule has 3 nitrogen and oxygen atoms in total. The summed E-state index contributed by atoms with van der Waals surface area (Å²) in [5.41, 5.74) is 8.90. The Labute approximate surface area is 109 Å². The van der Waals surface area contributed by atoms with Crippen molar-refractivity contribution in [3.05, 3.63) is 29.3 Å². The molecule has 98 valence electrons. The first-order valence-corrected chi connectivity index (χ1v) is 6.94. The summed E-state index contributed by atoms with van der Waals surface area (Å²) in [6.45, 7) is 1.83. The van der Waals surface area contributed by atoms with E-state index in [9.17, 15) is 0 Å². The molecule has 1 aromatic rings. The molecular formula is C15H22N2O. The third kappa shape index (κ3) is 2.25. The number of likely N-dealkylation sites (N-methyl/N-ethyl adjacent to an activating group) is 1. The Balaban J connectivity index is 1.68. The molecule has 0 radical (unpaired) electrons. The van der Waals surface area contributed by atoms with Gasteiger partial charge in [-0.25, -0.2) is 0 Å². The fourth-order valence-electron chi connectivity index (χ4n) is 3.26. The molecule has 0 saturated heterocycles. The van der Waals surface area contributed by atoms with Crippen LogP contribution in [0.5, 0.6) is 5.75 Å². The summed E-state index contributed by atoms with van der Waals surface area (Å²) in [7, 11) is 2.19. The Bertz CT molecular complexity index is 433. The molecule has 0 amide bonds. The highest BCUT2D eigenvalue weighted by Crippen LogP contribution is 2.27. The number of ether oxygens (including phenoxy) is 1. The number of hydrogen-bond donors (Lipinski definition) is 1. The molecule has 1 aromatic carbocycles. The van der Waals surface area contributed by atoms with Gasteiger partial charge in [0.05, 0.1) is 6.61 Å². The number of rotatable bonds is 3. The van der Waals surface area contributed by atoms with Crippen LogP contribution in [0.3, 0.4) is 0 Å². The quantitative estimate of drug-likeness (QED) is 0.885. The zero-order valence-electron chi connectivity index (χ0n) is 11.1. The summed E-state index contributed by atoms with van der Waals surface area (Å²) in [5, 5.41) is 0. The smallest absolute Gasteiger partial charge is 0.122 e. The minimum atomic E-state index is 0.354. The predicted octanol–water partition coefficient (Wildman–Crippen LogP) is 1.93. The van der Waals surface area contributed by atoms with E-state index in [1.807, 2.05) is 0 Å². The third-order valence-electron chi connectivity index (χ3n) is 4.28. The van der Waals surface area contributed by atoms with Crippen LogP contribution in [0.2, 0.25) is 0 Å². The van der Waals surface area contributed by atoms with Gasteiger partial charge in [0.1, 0.15) is 5.75 Å². The highest BCUT2D eigenvalue weighted by atomic mass is 16.5. The van der Waals surface area contributed by atoms with E-state index >= 15 is 0 Å². The molecule has 1 fully saturated rings. The summed E-state index contributed by atoms with van der Waals surface area (Å²) in [6.07, 6.45) is 4.74. The maximum atomic E-state index is 6.16. The van der Waals surface area contributed by atoms with Gasteiger partial charge in [0.15, 0.2) is 0 Å². The lowest BCUT2D eigenvalue weighted by Crippen LogP contribution is -2.41. The van der Waals surface area contributed by atoms with E-state index < -0.39 is 0 Å². The average molecular weight is 246 g/mol. The van der Waals surface area contributed by atoms with Crippen molar-refractivity contribution in [2.24, 2.45) is 5.73 Å². The molecule has 2 N–H and O–H groups in total. The second-order valence-corrected chi connectivity index (χ2v) is 5.62. The molecule has 1 heterocycles. The second kappa shape index (κ2) is 4.90. The van der Waals surface area contributed by atoms with Crippen LogP contribution in [0, 0.1) is 0 Å². The van der Waals surface area contributed by atoms with Crippen LogP contribution in [0.4, 0.5) is 0 Å². The molecular weight excluding hydrogens is 224 g/mol. The number of nitrogens with zero attached hydrogens (tertiary/aromatic N) is 1. The van der Waals surface area contributed by atoms with Crippen molar-refractivity contribution >= 4 is 0 Å². The van der Waals surface area contributed by atoms with E-state index in [2.05, 4.69) is 30.1 Å². The van der Waals surface area contributed by atoms with Crippen molar-refractivity contribution in [3.63, 3.8) is 0 Å². The van der Waals surface area contributed by atoms with Gasteiger partial charge in [-0.15, -0.1) is 0 Å². The van der Waals surface area contributed by atoms with Gasteiger partial charge in [0.25, 0.3) is 0 Å². The first kappa shape index (κ1) is 12.0. The lowest BCUT2D eigenvalue weighted by Gasteiger charge is -2.27. The van der Waals surface area contributed by atoms with Crippen molar-refractivity contribution in [2.75, 3.05) is 13.7 Å². The average Bonchev–Trinajstić information content (AvgIpc) is 2.96. The third-order valence-corrected chi connectivity index (χ3v) is 4.28. The SMILES string of the molecule is CN(Cc1ccc2c(c1)CCO2)C1CCCC1N. The molecule has 3 rings (SSSR count). The van der Waals surface area contributed by atoms with Crippen LogP contribution in [0.25, 0.3) is 0 Å². The molecule has 1 aliphatic heterocycles. The lowest BCUT2D eigenvalue weighted by molar-refractivity contribution is 0.220. The monoisotopic (exact) mass is 246 g/mol. The molecule has 1 aliphatic carbocycles. The van der Waals surface area contributed by atoms with Crippen molar-refractivity contribution in [1.29, 1.82) is 0 Å². The van der Waals surface area contributed by atoms with Crippen molar-refractivity contribution in [3.8, 4) is 5.75 Å². The van der Waals surface area contributed by atoms with Gasteiger partial charge >= 0.3 is 0 Å². The minimum absolute atomic E-state index is 0.354. The normalized spacial score (nSPS) is 26.4. The zero-order valence-corrected chi connectivity index (χ0v) is 11.1. The summed E-state index contributed by atoms with van der Waals surface area (Å²) in [4.78, 5) is 2.41. The fraction of sp³-hybridized carbons (Fsp3) is 0.600. The Kier molecular flexibility index (Phi) is 3.27. The first-order valence-electron chi connectivity index (χ1n) is 6.94. The number of benzene rings is 1. The molecule has 0 bridgehead atoms. The molecule has 2 atom stereocenters. The fourth-order valence-corrected chi connectivity index (χ4v) is 3.26. The van der Waals surface area contributed by atoms with Gasteiger partial charge in [-0.05, 0) is 37.1 Å². The molecule has 0 aromatic heterocycles. The lowest BCUT2D eigenvalue weighted by atomic mass is 10.1. The molecule has 1 saturated carbocycles. The Hall–Kier alpha value is -1.06. The molecule has 0 spiro atoms. The van der Waals surface area contributed by atoms with Gasteiger partial charge in [-0.3, -0.25) is 4.90 Å². The summed E-state index contributed by atoms with van der Waals surface area (Å²) >= 11 is 0. The largest absolute Gasteiger partial charge is 0.493 e. The first-order chi connectivity index (χ1) is 8.74.